The van der Waals surface area contributed by atoms with E-state index in [0.717, 1.165) is 31.9 Å². The summed E-state index contributed by atoms with van der Waals surface area (Å²) in [5, 5.41) is 2.89. The summed E-state index contributed by atoms with van der Waals surface area (Å²) >= 11 is 0. The molecule has 0 aromatic heterocycles. The quantitative estimate of drug-likeness (QED) is 0.845. The maximum atomic E-state index is 11.9. The van der Waals surface area contributed by atoms with Crippen LogP contribution in [0.4, 0.5) is 4.79 Å². The molecule has 20 heavy (non-hydrogen) atoms. The van der Waals surface area contributed by atoms with Crippen LogP contribution in [0.3, 0.4) is 0 Å². The van der Waals surface area contributed by atoms with Gasteiger partial charge in [-0.25, -0.2) is 4.79 Å². The zero-order valence-electron chi connectivity index (χ0n) is 12.3. The number of likely N-dealkylation sites (N-methyl/N-ethyl adjacent to an activating group) is 1. The fraction of sp³-hybridized carbons (Fsp3) is 0.533. The van der Waals surface area contributed by atoms with Gasteiger partial charge in [0.2, 0.25) is 0 Å². The number of ether oxygens (including phenoxy) is 1. The topological polar surface area (TPSA) is 44.8 Å². The number of nitrogens with zero attached hydrogens (tertiary/aromatic N) is 2. The molecule has 0 saturated carbocycles. The number of hydrogen-bond donors (Lipinski definition) is 1. The third-order valence-corrected chi connectivity index (χ3v) is 3.46. The van der Waals surface area contributed by atoms with E-state index >= 15 is 0 Å². The highest BCUT2D eigenvalue weighted by Gasteiger charge is 2.18. The largest absolute Gasteiger partial charge is 0.492 e. The lowest BCUT2D eigenvalue weighted by Crippen LogP contribution is -2.51. The second-order valence-electron chi connectivity index (χ2n) is 5.18. The number of hydrogen-bond acceptors (Lipinski definition) is 3. The molecule has 5 heteroatoms. The van der Waals surface area contributed by atoms with Gasteiger partial charge in [-0.2, -0.15) is 0 Å². The van der Waals surface area contributed by atoms with Crippen molar-refractivity contribution in [2.45, 2.75) is 6.92 Å². The summed E-state index contributed by atoms with van der Waals surface area (Å²) in [6.45, 7) is 6.52. The Bertz CT molecular complexity index is 425. The molecule has 0 bridgehead atoms. The molecule has 110 valence electrons. The Labute approximate surface area is 120 Å². The van der Waals surface area contributed by atoms with Crippen LogP contribution >= 0.6 is 0 Å². The predicted molar refractivity (Wildman–Crippen MR) is 79.1 cm³/mol. The van der Waals surface area contributed by atoms with E-state index in [1.54, 1.807) is 0 Å². The van der Waals surface area contributed by atoms with E-state index in [1.807, 2.05) is 36.1 Å². The summed E-state index contributed by atoms with van der Waals surface area (Å²) in [5.41, 5.74) is 1.21. The molecular formula is C15H23N3O2. The van der Waals surface area contributed by atoms with Gasteiger partial charge in [0.15, 0.2) is 0 Å². The molecule has 1 aromatic carbocycles. The molecule has 1 aromatic rings. The number of aryl methyl sites for hydroxylation is 1. The van der Waals surface area contributed by atoms with E-state index in [2.05, 4.69) is 17.3 Å². The monoisotopic (exact) mass is 277 g/mol. The lowest BCUT2D eigenvalue weighted by atomic mass is 10.2. The number of carbonyl (C=O) groups excluding carboxylic acids is 1. The molecule has 1 aliphatic heterocycles. The number of rotatable bonds is 4. The van der Waals surface area contributed by atoms with Crippen LogP contribution in [0.2, 0.25) is 0 Å². The number of nitrogens with one attached hydrogen (secondary N) is 1. The zero-order valence-corrected chi connectivity index (χ0v) is 12.3. The van der Waals surface area contributed by atoms with Crippen molar-refractivity contribution in [1.29, 1.82) is 0 Å². The maximum Gasteiger partial charge on any atom is 0.317 e. The average molecular weight is 277 g/mol. The summed E-state index contributed by atoms with van der Waals surface area (Å²) in [6, 6.07) is 7.91. The van der Waals surface area contributed by atoms with Gasteiger partial charge in [0, 0.05) is 26.2 Å². The second-order valence-corrected chi connectivity index (χ2v) is 5.18. The number of piperazine rings is 1. The van der Waals surface area contributed by atoms with Crippen molar-refractivity contribution in [2.24, 2.45) is 0 Å². The van der Waals surface area contributed by atoms with Crippen LogP contribution < -0.4 is 10.1 Å². The minimum absolute atomic E-state index is 0.00519. The lowest BCUT2D eigenvalue weighted by Gasteiger charge is -2.32. The van der Waals surface area contributed by atoms with Gasteiger partial charge in [0.05, 0.1) is 6.54 Å². The third kappa shape index (κ3) is 4.42. The van der Waals surface area contributed by atoms with Crippen molar-refractivity contribution >= 4 is 6.03 Å². The van der Waals surface area contributed by atoms with Crippen molar-refractivity contribution in [1.82, 2.24) is 15.1 Å². The Morgan fingerprint density at radius 2 is 1.85 bits per heavy atom. The molecule has 1 heterocycles. The van der Waals surface area contributed by atoms with Crippen LogP contribution in [0.5, 0.6) is 5.75 Å². The first-order chi connectivity index (χ1) is 9.65. The summed E-state index contributed by atoms with van der Waals surface area (Å²) in [4.78, 5) is 16.0. The molecule has 0 unspecified atom stereocenters. The summed E-state index contributed by atoms with van der Waals surface area (Å²) in [5.74, 6) is 0.837. The molecular weight excluding hydrogens is 254 g/mol. The first-order valence-electron chi connectivity index (χ1n) is 7.06. The van der Waals surface area contributed by atoms with Crippen LogP contribution in [0.1, 0.15) is 5.56 Å². The van der Waals surface area contributed by atoms with E-state index < -0.39 is 0 Å². The molecule has 1 fully saturated rings. The van der Waals surface area contributed by atoms with Crippen molar-refractivity contribution in [3.8, 4) is 5.75 Å². The van der Waals surface area contributed by atoms with Crippen molar-refractivity contribution in [3.63, 3.8) is 0 Å². The van der Waals surface area contributed by atoms with E-state index in [0.29, 0.717) is 13.2 Å². The van der Waals surface area contributed by atoms with E-state index in [1.165, 1.54) is 5.56 Å². The van der Waals surface area contributed by atoms with Crippen LogP contribution in [0, 0.1) is 6.92 Å². The van der Waals surface area contributed by atoms with Gasteiger partial charge in [-0.1, -0.05) is 17.7 Å². The molecule has 0 atom stereocenters. The highest BCUT2D eigenvalue weighted by molar-refractivity contribution is 5.74. The Kier molecular flexibility index (Phi) is 5.24. The smallest absolute Gasteiger partial charge is 0.317 e. The first-order valence-corrected chi connectivity index (χ1v) is 7.06. The van der Waals surface area contributed by atoms with Gasteiger partial charge in [-0.05, 0) is 26.1 Å². The van der Waals surface area contributed by atoms with E-state index in [4.69, 9.17) is 4.74 Å². The molecule has 5 nitrogen and oxygen atoms in total. The molecule has 1 saturated heterocycles. The SMILES string of the molecule is Cc1ccc(OCCNC(=O)N2CCN(C)CC2)cc1. The molecule has 0 aliphatic carbocycles. The molecule has 0 radical (unpaired) electrons. The Morgan fingerprint density at radius 3 is 2.50 bits per heavy atom. The van der Waals surface area contributed by atoms with E-state index in [-0.39, 0.29) is 6.03 Å². The normalized spacial score (nSPS) is 16.0. The molecule has 0 spiro atoms. The summed E-state index contributed by atoms with van der Waals surface area (Å²) < 4.78 is 5.57. The maximum absolute atomic E-state index is 11.9. The number of carbonyl (C=O) groups is 1. The number of amides is 2. The molecule has 2 amide bonds. The van der Waals surface area contributed by atoms with Crippen LogP contribution in [-0.4, -0.2) is 62.2 Å². The highest BCUT2D eigenvalue weighted by Crippen LogP contribution is 2.10. The number of urea groups is 1. The van der Waals surface area contributed by atoms with Gasteiger partial charge in [0.25, 0.3) is 0 Å². The van der Waals surface area contributed by atoms with Crippen LogP contribution in [0.15, 0.2) is 24.3 Å². The molecule has 2 rings (SSSR count). The average Bonchev–Trinajstić information content (AvgIpc) is 2.46. The molecule has 1 aliphatic rings. The summed E-state index contributed by atoms with van der Waals surface area (Å²) in [6.07, 6.45) is 0. The minimum atomic E-state index is 0.00519. The van der Waals surface area contributed by atoms with Crippen molar-refractivity contribution in [3.05, 3.63) is 29.8 Å². The lowest BCUT2D eigenvalue weighted by molar-refractivity contribution is 0.153. The van der Waals surface area contributed by atoms with Gasteiger partial charge < -0.3 is 19.9 Å². The van der Waals surface area contributed by atoms with Crippen molar-refractivity contribution < 1.29 is 9.53 Å². The molecule has 1 N–H and O–H groups in total. The van der Waals surface area contributed by atoms with Gasteiger partial charge >= 0.3 is 6.03 Å². The predicted octanol–water partition coefficient (Wildman–Crippen LogP) is 1.33. The van der Waals surface area contributed by atoms with Gasteiger partial charge in [-0.3, -0.25) is 0 Å². The van der Waals surface area contributed by atoms with Crippen molar-refractivity contribution in [2.75, 3.05) is 46.4 Å². The fourth-order valence-electron chi connectivity index (χ4n) is 2.08. The first kappa shape index (κ1) is 14.7. The van der Waals surface area contributed by atoms with E-state index in [9.17, 15) is 4.79 Å². The Balaban J connectivity index is 1.63. The highest BCUT2D eigenvalue weighted by atomic mass is 16.5. The standard InChI is InChI=1S/C15H23N3O2/c1-13-3-5-14(6-4-13)20-12-7-16-15(19)18-10-8-17(2)9-11-18/h3-6H,7-12H2,1-2H3,(H,16,19). The Hall–Kier alpha value is -1.75. The second kappa shape index (κ2) is 7.14. The third-order valence-electron chi connectivity index (χ3n) is 3.46. The van der Waals surface area contributed by atoms with Gasteiger partial charge in [-0.15, -0.1) is 0 Å². The van der Waals surface area contributed by atoms with Crippen LogP contribution in [-0.2, 0) is 0 Å². The zero-order chi connectivity index (χ0) is 14.4. The minimum Gasteiger partial charge on any atom is -0.492 e. The number of benzene rings is 1. The van der Waals surface area contributed by atoms with Crippen LogP contribution in [0.25, 0.3) is 0 Å². The summed E-state index contributed by atoms with van der Waals surface area (Å²) in [7, 11) is 2.07. The Morgan fingerprint density at radius 1 is 1.20 bits per heavy atom. The van der Waals surface area contributed by atoms with Gasteiger partial charge in [0.1, 0.15) is 12.4 Å². The fourth-order valence-corrected chi connectivity index (χ4v) is 2.08.